The molecule has 248 valence electrons. The zero-order valence-electron chi connectivity index (χ0n) is 31.7. The van der Waals surface area contributed by atoms with Crippen LogP contribution in [0.4, 0.5) is 0 Å². The summed E-state index contributed by atoms with van der Waals surface area (Å²) in [5.41, 5.74) is 16.6. The Morgan fingerprint density at radius 1 is 0.521 bits per heavy atom. The van der Waals surface area contributed by atoms with Crippen LogP contribution in [0.15, 0.2) is 84.9 Å². The number of hydrogen-bond donors (Lipinski definition) is 0. The number of hydrogen-bond acceptors (Lipinski definition) is 0. The van der Waals surface area contributed by atoms with Crippen LogP contribution in [0, 0.1) is 53.4 Å². The Kier molecular flexibility index (Phi) is 14.6. The van der Waals surface area contributed by atoms with Gasteiger partial charge in [0.2, 0.25) is 0 Å². The Hall–Kier alpha value is -2.80. The van der Waals surface area contributed by atoms with Crippen molar-refractivity contribution in [1.29, 1.82) is 0 Å². The minimum Gasteiger partial charge on any atom is -0.164 e. The van der Waals surface area contributed by atoms with Crippen LogP contribution in [0.5, 0.6) is 0 Å². The zero-order valence-corrected chi connectivity index (χ0v) is 35.1. The van der Waals surface area contributed by atoms with Gasteiger partial charge in [-0.15, -0.1) is 69.1 Å². The molecular formula is C46H56SiZr. The molecule has 48 heavy (non-hydrogen) atoms. The van der Waals surface area contributed by atoms with Gasteiger partial charge in [-0.2, -0.15) is 12.1 Å². The molecule has 0 atom stereocenters. The summed E-state index contributed by atoms with van der Waals surface area (Å²) in [7, 11) is 1.08. The van der Waals surface area contributed by atoms with Crippen molar-refractivity contribution >= 4 is 31.1 Å². The van der Waals surface area contributed by atoms with Crippen LogP contribution < -0.4 is 0 Å². The normalized spacial score (nSPS) is 11.0. The third-order valence-electron chi connectivity index (χ3n) is 9.11. The second-order valence-electron chi connectivity index (χ2n) is 14.5. The van der Waals surface area contributed by atoms with Crippen LogP contribution >= 0.6 is 0 Å². The summed E-state index contributed by atoms with van der Waals surface area (Å²) < 4.78 is 0. The first-order valence-electron chi connectivity index (χ1n) is 17.4. The van der Waals surface area contributed by atoms with Gasteiger partial charge in [-0.25, -0.2) is 0 Å². The van der Waals surface area contributed by atoms with Gasteiger partial charge >= 0.3 is 26.2 Å². The molecule has 0 heterocycles. The largest absolute Gasteiger partial charge is 2.00 e. The first-order chi connectivity index (χ1) is 22.3. The van der Waals surface area contributed by atoms with Gasteiger partial charge in [-0.1, -0.05) is 99.4 Å². The Morgan fingerprint density at radius 2 is 0.875 bits per heavy atom. The van der Waals surface area contributed by atoms with Crippen LogP contribution in [0.3, 0.4) is 0 Å². The third kappa shape index (κ3) is 9.67. The standard InChI is InChI=1S/2C22H25.C2H6Si.Zr/c2*1-14(2)9-18-12-19-7-6-8-20(22(19)13-18)21-11-15(3)10-16(4)17(21)5;1-3-2;/h2*6-8,10-14H,9H2,1-5H3;1-2H3;/q2*-1;;+2. The zero-order chi connectivity index (χ0) is 34.4. The number of rotatable bonds is 6. The molecule has 6 rings (SSSR count). The SMILES string of the molecule is C[Si]C.Cc1cc(C)c(C)c(-c2cccc3[cH-]c(CC(C)C)cc23)c1.Cc1cc(C)c(C)c(-c2cccc3[cH-]c(CC(C)C)cc23)c1.[Zr+2]. The summed E-state index contributed by atoms with van der Waals surface area (Å²) in [6, 6.07) is 32.1. The van der Waals surface area contributed by atoms with Gasteiger partial charge in [-0.05, 0) is 99.6 Å². The molecule has 0 saturated heterocycles. The molecule has 0 amide bonds. The van der Waals surface area contributed by atoms with E-state index in [1.165, 1.54) is 88.3 Å². The molecule has 6 aromatic rings. The average Bonchev–Trinajstić information content (AvgIpc) is 3.59. The molecule has 2 heteroatoms. The van der Waals surface area contributed by atoms with Crippen molar-refractivity contribution in [3.05, 3.63) is 129 Å². The molecule has 0 unspecified atom stereocenters. The molecule has 0 aliphatic heterocycles. The minimum atomic E-state index is 0. The molecule has 0 nitrogen and oxygen atoms in total. The molecule has 0 aliphatic carbocycles. The fourth-order valence-electron chi connectivity index (χ4n) is 6.88. The van der Waals surface area contributed by atoms with E-state index in [-0.39, 0.29) is 26.2 Å². The Labute approximate surface area is 314 Å². The molecule has 0 fully saturated rings. The number of fused-ring (bicyclic) bond motifs is 2. The summed E-state index contributed by atoms with van der Waals surface area (Å²) in [6.45, 7) is 26.7. The van der Waals surface area contributed by atoms with Crippen molar-refractivity contribution in [2.75, 3.05) is 0 Å². The summed E-state index contributed by atoms with van der Waals surface area (Å²) in [4.78, 5) is 0. The average molecular weight is 728 g/mol. The molecule has 0 aromatic heterocycles. The Morgan fingerprint density at radius 3 is 1.21 bits per heavy atom. The first-order valence-corrected chi connectivity index (χ1v) is 19.4. The fourth-order valence-corrected chi connectivity index (χ4v) is 6.88. The van der Waals surface area contributed by atoms with Crippen LogP contribution in [0.1, 0.15) is 72.2 Å². The van der Waals surface area contributed by atoms with Crippen LogP contribution in [-0.4, -0.2) is 9.52 Å². The van der Waals surface area contributed by atoms with Crippen molar-refractivity contribution in [3.63, 3.8) is 0 Å². The fraction of sp³-hybridized carbons (Fsp3) is 0.348. The summed E-state index contributed by atoms with van der Waals surface area (Å²) >= 11 is 0. The topological polar surface area (TPSA) is 0 Å². The van der Waals surface area contributed by atoms with Gasteiger partial charge in [0.05, 0.1) is 0 Å². The maximum atomic E-state index is 2.39. The third-order valence-corrected chi connectivity index (χ3v) is 9.11. The molecule has 0 aliphatic rings. The quantitative estimate of drug-likeness (QED) is 0.118. The molecule has 0 saturated carbocycles. The van der Waals surface area contributed by atoms with Gasteiger partial charge in [0.15, 0.2) is 0 Å². The van der Waals surface area contributed by atoms with E-state index < -0.39 is 0 Å². The van der Waals surface area contributed by atoms with Gasteiger partial charge < -0.3 is 0 Å². The van der Waals surface area contributed by atoms with E-state index in [1.54, 1.807) is 0 Å². The summed E-state index contributed by atoms with van der Waals surface area (Å²) in [5, 5.41) is 5.52. The molecule has 0 N–H and O–H groups in total. The molecule has 0 bridgehead atoms. The Balaban J connectivity index is 0.000000236. The summed E-state index contributed by atoms with van der Waals surface area (Å²) in [5.74, 6) is 1.39. The van der Waals surface area contributed by atoms with Gasteiger partial charge in [0.1, 0.15) is 0 Å². The molecule has 0 spiro atoms. The van der Waals surface area contributed by atoms with E-state index in [0.29, 0.717) is 11.8 Å². The minimum absolute atomic E-state index is 0. The monoisotopic (exact) mass is 726 g/mol. The first kappa shape index (κ1) is 39.6. The van der Waals surface area contributed by atoms with Gasteiger partial charge in [-0.3, -0.25) is 0 Å². The van der Waals surface area contributed by atoms with Gasteiger partial charge in [0.25, 0.3) is 0 Å². The van der Waals surface area contributed by atoms with Crippen molar-refractivity contribution in [2.24, 2.45) is 11.8 Å². The van der Waals surface area contributed by atoms with E-state index in [9.17, 15) is 0 Å². The molecule has 6 aromatic carbocycles. The van der Waals surface area contributed by atoms with Crippen molar-refractivity contribution in [2.45, 2.75) is 95.2 Å². The van der Waals surface area contributed by atoms with Crippen LogP contribution in [0.25, 0.3) is 43.8 Å². The van der Waals surface area contributed by atoms with E-state index in [2.05, 4.69) is 167 Å². The number of aryl methyl sites for hydroxylation is 4. The molecular weight excluding hydrogens is 672 g/mol. The van der Waals surface area contributed by atoms with Gasteiger partial charge in [0, 0.05) is 9.52 Å². The van der Waals surface area contributed by atoms with Crippen LogP contribution in [-0.2, 0) is 39.0 Å². The second-order valence-corrected chi connectivity index (χ2v) is 15.5. The van der Waals surface area contributed by atoms with E-state index in [4.69, 9.17) is 0 Å². The maximum absolute atomic E-state index is 2.39. The van der Waals surface area contributed by atoms with Crippen molar-refractivity contribution < 1.29 is 26.2 Å². The van der Waals surface area contributed by atoms with E-state index in [1.807, 2.05) is 0 Å². The molecule has 2 radical (unpaired) electrons. The predicted octanol–water partition coefficient (Wildman–Crippen LogP) is 13.5. The number of benzene rings is 4. The Bertz CT molecular complexity index is 1800. The second kappa shape index (κ2) is 17.7. The van der Waals surface area contributed by atoms with E-state index >= 15 is 0 Å². The predicted molar refractivity (Wildman–Crippen MR) is 213 cm³/mol. The van der Waals surface area contributed by atoms with Crippen molar-refractivity contribution in [1.82, 2.24) is 0 Å². The van der Waals surface area contributed by atoms with Crippen LogP contribution in [0.2, 0.25) is 13.1 Å². The maximum Gasteiger partial charge on any atom is 2.00 e. The summed E-state index contributed by atoms with van der Waals surface area (Å²) in [6.07, 6.45) is 2.31. The van der Waals surface area contributed by atoms with Crippen molar-refractivity contribution in [3.8, 4) is 22.3 Å². The smallest absolute Gasteiger partial charge is 0.164 e. The van der Waals surface area contributed by atoms with E-state index in [0.717, 1.165) is 22.4 Å².